The summed E-state index contributed by atoms with van der Waals surface area (Å²) >= 11 is 0. The number of hydrogen-bond donors (Lipinski definition) is 1. The number of ether oxygens (including phenoxy) is 1. The number of aryl methyl sites for hydroxylation is 1. The van der Waals surface area contributed by atoms with Gasteiger partial charge in [-0.15, -0.1) is 0 Å². The maximum atomic E-state index is 11.8. The van der Waals surface area contributed by atoms with E-state index in [-0.39, 0.29) is 11.5 Å². The molecule has 2 N–H and O–H groups in total. The van der Waals surface area contributed by atoms with E-state index < -0.39 is 0 Å². The van der Waals surface area contributed by atoms with Crippen LogP contribution in [0, 0.1) is 6.92 Å². The van der Waals surface area contributed by atoms with Gasteiger partial charge >= 0.3 is 0 Å². The summed E-state index contributed by atoms with van der Waals surface area (Å²) in [4.78, 5) is 15.9. The molecule has 1 heterocycles. The number of methoxy groups -OCH3 is 1. The summed E-state index contributed by atoms with van der Waals surface area (Å²) in [6.07, 6.45) is 0. The van der Waals surface area contributed by atoms with Gasteiger partial charge in [-0.05, 0) is 31.2 Å². The molecule has 2 aromatic rings. The Balaban J connectivity index is 2.56. The summed E-state index contributed by atoms with van der Waals surface area (Å²) in [5.41, 5.74) is 6.83. The molecule has 17 heavy (non-hydrogen) atoms. The van der Waals surface area contributed by atoms with Gasteiger partial charge in [0.05, 0.1) is 12.8 Å². The zero-order valence-electron chi connectivity index (χ0n) is 9.68. The van der Waals surface area contributed by atoms with Crippen LogP contribution in [0.1, 0.15) is 5.69 Å². The average Bonchev–Trinajstić information content (AvgIpc) is 2.28. The third kappa shape index (κ3) is 2.13. The van der Waals surface area contributed by atoms with Gasteiger partial charge in [0.1, 0.15) is 5.75 Å². The van der Waals surface area contributed by atoms with Gasteiger partial charge in [0.2, 0.25) is 5.95 Å². The topological polar surface area (TPSA) is 70.1 Å². The van der Waals surface area contributed by atoms with Crippen molar-refractivity contribution < 1.29 is 4.74 Å². The second kappa shape index (κ2) is 4.29. The van der Waals surface area contributed by atoms with Gasteiger partial charge < -0.3 is 10.5 Å². The number of aromatic nitrogens is 2. The number of rotatable bonds is 2. The van der Waals surface area contributed by atoms with Crippen molar-refractivity contribution in [3.8, 4) is 11.4 Å². The van der Waals surface area contributed by atoms with Crippen molar-refractivity contribution >= 4 is 5.95 Å². The fourth-order valence-electron chi connectivity index (χ4n) is 1.61. The number of hydrogen-bond acceptors (Lipinski definition) is 4. The molecule has 0 aliphatic carbocycles. The number of benzene rings is 1. The Labute approximate surface area is 98.5 Å². The lowest BCUT2D eigenvalue weighted by atomic mass is 10.3. The predicted octanol–water partition coefficient (Wildman–Crippen LogP) is 1.13. The Bertz CT molecular complexity index is 588. The molecule has 0 atom stereocenters. The Hall–Kier alpha value is -2.30. The minimum absolute atomic E-state index is 0.181. The smallest absolute Gasteiger partial charge is 0.259 e. The lowest BCUT2D eigenvalue weighted by molar-refractivity contribution is 0.414. The van der Waals surface area contributed by atoms with Gasteiger partial charge in [-0.2, -0.15) is 0 Å². The number of nitrogen functional groups attached to an aromatic ring is 1. The average molecular weight is 231 g/mol. The molecule has 0 radical (unpaired) electrons. The Kier molecular flexibility index (Phi) is 2.82. The molecule has 0 fully saturated rings. The van der Waals surface area contributed by atoms with E-state index in [2.05, 4.69) is 4.98 Å². The molecule has 0 aliphatic rings. The third-order valence-corrected chi connectivity index (χ3v) is 2.40. The minimum Gasteiger partial charge on any atom is -0.497 e. The molecule has 0 bridgehead atoms. The minimum atomic E-state index is -0.194. The van der Waals surface area contributed by atoms with Gasteiger partial charge in [-0.25, -0.2) is 9.55 Å². The van der Waals surface area contributed by atoms with Crippen molar-refractivity contribution in [1.29, 1.82) is 0 Å². The standard InChI is InChI=1S/C12H13N3O2/c1-8-7-11(16)15(12(13)14-8)9-3-5-10(17-2)6-4-9/h3-7H,1-2H3,(H2,13,14). The molecule has 0 saturated carbocycles. The molecular formula is C12H13N3O2. The predicted molar refractivity (Wildman–Crippen MR) is 65.5 cm³/mol. The molecule has 1 aromatic carbocycles. The van der Waals surface area contributed by atoms with E-state index in [1.807, 2.05) is 0 Å². The molecule has 1 aromatic heterocycles. The number of nitrogens with two attached hydrogens (primary N) is 1. The summed E-state index contributed by atoms with van der Waals surface area (Å²) in [6, 6.07) is 8.49. The van der Waals surface area contributed by atoms with E-state index in [0.29, 0.717) is 11.4 Å². The Morgan fingerprint density at radius 2 is 1.94 bits per heavy atom. The summed E-state index contributed by atoms with van der Waals surface area (Å²) < 4.78 is 6.40. The molecule has 2 rings (SSSR count). The van der Waals surface area contributed by atoms with Gasteiger partial charge in [-0.3, -0.25) is 4.79 Å². The first-order valence-electron chi connectivity index (χ1n) is 5.12. The SMILES string of the molecule is COc1ccc(-n2c(N)nc(C)cc2=O)cc1. The Morgan fingerprint density at radius 3 is 2.47 bits per heavy atom. The van der Waals surface area contributed by atoms with Crippen LogP contribution in [0.5, 0.6) is 5.75 Å². The third-order valence-electron chi connectivity index (χ3n) is 2.40. The maximum Gasteiger partial charge on any atom is 0.259 e. The van der Waals surface area contributed by atoms with Crippen LogP contribution in [0.4, 0.5) is 5.95 Å². The van der Waals surface area contributed by atoms with Crippen LogP contribution < -0.4 is 16.0 Å². The van der Waals surface area contributed by atoms with Crippen LogP contribution in [0.25, 0.3) is 5.69 Å². The van der Waals surface area contributed by atoms with Crippen LogP contribution in [-0.2, 0) is 0 Å². The van der Waals surface area contributed by atoms with Crippen LogP contribution >= 0.6 is 0 Å². The molecular weight excluding hydrogens is 218 g/mol. The molecule has 5 nitrogen and oxygen atoms in total. The highest BCUT2D eigenvalue weighted by Gasteiger charge is 2.06. The Morgan fingerprint density at radius 1 is 1.29 bits per heavy atom. The fourth-order valence-corrected chi connectivity index (χ4v) is 1.61. The molecule has 88 valence electrons. The van der Waals surface area contributed by atoms with E-state index in [9.17, 15) is 4.79 Å². The largest absolute Gasteiger partial charge is 0.497 e. The highest BCUT2D eigenvalue weighted by Crippen LogP contribution is 2.15. The van der Waals surface area contributed by atoms with E-state index in [0.717, 1.165) is 5.75 Å². The van der Waals surface area contributed by atoms with E-state index in [1.165, 1.54) is 10.6 Å². The number of anilines is 1. The molecule has 0 spiro atoms. The van der Waals surface area contributed by atoms with Gasteiger partial charge in [0, 0.05) is 11.8 Å². The second-order valence-electron chi connectivity index (χ2n) is 3.63. The monoisotopic (exact) mass is 231 g/mol. The van der Waals surface area contributed by atoms with Crippen molar-refractivity contribution in [2.75, 3.05) is 12.8 Å². The van der Waals surface area contributed by atoms with Crippen molar-refractivity contribution in [1.82, 2.24) is 9.55 Å². The highest BCUT2D eigenvalue weighted by molar-refractivity contribution is 5.42. The van der Waals surface area contributed by atoms with E-state index >= 15 is 0 Å². The quantitative estimate of drug-likeness (QED) is 0.841. The first-order chi connectivity index (χ1) is 8.11. The van der Waals surface area contributed by atoms with Crippen LogP contribution in [0.3, 0.4) is 0 Å². The lowest BCUT2D eigenvalue weighted by Crippen LogP contribution is -2.22. The normalized spacial score (nSPS) is 10.2. The first-order valence-corrected chi connectivity index (χ1v) is 5.12. The molecule has 0 amide bonds. The van der Waals surface area contributed by atoms with Crippen LogP contribution in [-0.4, -0.2) is 16.7 Å². The van der Waals surface area contributed by atoms with Crippen molar-refractivity contribution in [2.45, 2.75) is 6.92 Å². The van der Waals surface area contributed by atoms with Crippen LogP contribution in [0.15, 0.2) is 35.1 Å². The summed E-state index contributed by atoms with van der Waals surface area (Å²) in [5.74, 6) is 0.903. The molecule has 0 aliphatic heterocycles. The van der Waals surface area contributed by atoms with E-state index in [1.54, 1.807) is 38.3 Å². The van der Waals surface area contributed by atoms with Crippen LogP contribution in [0.2, 0.25) is 0 Å². The maximum absolute atomic E-state index is 11.8. The summed E-state index contributed by atoms with van der Waals surface area (Å²) in [6.45, 7) is 1.73. The lowest BCUT2D eigenvalue weighted by Gasteiger charge is -2.09. The molecule has 0 saturated heterocycles. The fraction of sp³-hybridized carbons (Fsp3) is 0.167. The summed E-state index contributed by atoms with van der Waals surface area (Å²) in [7, 11) is 1.59. The molecule has 0 unspecified atom stereocenters. The van der Waals surface area contributed by atoms with Crippen molar-refractivity contribution in [3.63, 3.8) is 0 Å². The first kappa shape index (κ1) is 11.2. The van der Waals surface area contributed by atoms with Crippen molar-refractivity contribution in [2.24, 2.45) is 0 Å². The second-order valence-corrected chi connectivity index (χ2v) is 3.63. The van der Waals surface area contributed by atoms with Crippen molar-refractivity contribution in [3.05, 3.63) is 46.4 Å². The molecule has 5 heteroatoms. The van der Waals surface area contributed by atoms with E-state index in [4.69, 9.17) is 10.5 Å². The zero-order chi connectivity index (χ0) is 12.4. The zero-order valence-corrected chi connectivity index (χ0v) is 9.68. The van der Waals surface area contributed by atoms with Gasteiger partial charge in [0.15, 0.2) is 0 Å². The number of nitrogens with zero attached hydrogens (tertiary/aromatic N) is 2. The summed E-state index contributed by atoms with van der Waals surface area (Å²) in [5, 5.41) is 0. The van der Waals surface area contributed by atoms with Gasteiger partial charge in [-0.1, -0.05) is 0 Å². The van der Waals surface area contributed by atoms with Gasteiger partial charge in [0.25, 0.3) is 5.56 Å². The highest BCUT2D eigenvalue weighted by atomic mass is 16.5.